The number of carbonyl (C=O) groups is 1. The highest BCUT2D eigenvalue weighted by molar-refractivity contribution is 6.17. The van der Waals surface area contributed by atoms with Crippen LogP contribution in [0.1, 0.15) is 17.3 Å². The van der Waals surface area contributed by atoms with Gasteiger partial charge in [0, 0.05) is 62.3 Å². The molecule has 0 spiro atoms. The number of carboxylic acids is 1. The van der Waals surface area contributed by atoms with Crippen molar-refractivity contribution in [1.29, 1.82) is 0 Å². The van der Waals surface area contributed by atoms with Gasteiger partial charge in [-0.05, 0) is 25.1 Å². The summed E-state index contributed by atoms with van der Waals surface area (Å²) >= 11 is 0. The Morgan fingerprint density at radius 2 is 2.05 bits per heavy atom. The smallest absolute Gasteiger partial charge is 0.341 e. The molecule has 11 heteroatoms. The molecule has 3 N–H and O–H groups in total. The molecule has 10 nitrogen and oxygen atoms in total. The van der Waals surface area contributed by atoms with Gasteiger partial charge in [0.15, 0.2) is 0 Å². The number of nitrogens with one attached hydrogen (secondary N) is 2. The lowest BCUT2D eigenvalue weighted by Crippen LogP contribution is -2.41. The van der Waals surface area contributed by atoms with Gasteiger partial charge in [0.25, 0.3) is 0 Å². The van der Waals surface area contributed by atoms with Crippen molar-refractivity contribution in [3.8, 4) is 11.1 Å². The average Bonchev–Trinajstić information content (AvgIpc) is 3.27. The molecule has 5 heterocycles. The lowest BCUT2D eigenvalue weighted by Gasteiger charge is -2.34. The molecule has 1 fully saturated rings. The Morgan fingerprint density at radius 1 is 1.24 bits per heavy atom. The molecule has 38 heavy (non-hydrogen) atoms. The molecule has 5 aromatic rings. The van der Waals surface area contributed by atoms with E-state index in [1.165, 1.54) is 22.9 Å². The summed E-state index contributed by atoms with van der Waals surface area (Å²) in [5.41, 5.74) is 3.47. The lowest BCUT2D eigenvalue weighted by molar-refractivity contribution is 0.0533. The van der Waals surface area contributed by atoms with E-state index in [9.17, 15) is 19.1 Å². The summed E-state index contributed by atoms with van der Waals surface area (Å²) < 4.78 is 22.0. The molecule has 6 rings (SSSR count). The number of aromatic nitrogens is 4. The molecule has 0 radical (unpaired) electrons. The van der Waals surface area contributed by atoms with E-state index in [-0.39, 0.29) is 22.9 Å². The number of halogens is 1. The molecule has 0 aliphatic carbocycles. The van der Waals surface area contributed by atoms with Crippen molar-refractivity contribution < 1.29 is 19.0 Å². The number of morpholine rings is 1. The molecule has 4 aromatic heterocycles. The topological polar surface area (TPSA) is 125 Å². The minimum absolute atomic E-state index is 0.0326. The van der Waals surface area contributed by atoms with Crippen LogP contribution in [0.4, 0.5) is 15.8 Å². The molecule has 1 saturated heterocycles. The van der Waals surface area contributed by atoms with E-state index in [4.69, 9.17) is 4.74 Å². The van der Waals surface area contributed by atoms with Gasteiger partial charge in [-0.15, -0.1) is 0 Å². The Hall–Kier alpha value is -4.51. The molecule has 1 aliphatic heterocycles. The monoisotopic (exact) mass is 516 g/mol. The Balaban J connectivity index is 1.69. The SMILES string of the molecule is CNc1cc(F)cc2c1[nH]c1ncc(-c3cnc4c(c3)c(=O)c(C(=O)O)cn4C)c(N3CCO[C@H](C)C3)c12. The summed E-state index contributed by atoms with van der Waals surface area (Å²) in [6, 6.07) is 4.57. The van der Waals surface area contributed by atoms with Crippen molar-refractivity contribution in [1.82, 2.24) is 19.5 Å². The third-order valence-corrected chi connectivity index (χ3v) is 7.05. The van der Waals surface area contributed by atoms with E-state index in [1.54, 1.807) is 32.6 Å². The number of carboxylic acid groups (broad SMARTS) is 1. The van der Waals surface area contributed by atoms with Crippen LogP contribution in [0.3, 0.4) is 0 Å². The van der Waals surface area contributed by atoms with Crippen LogP contribution < -0.4 is 15.6 Å². The maximum atomic E-state index is 14.7. The highest BCUT2D eigenvalue weighted by Gasteiger charge is 2.26. The van der Waals surface area contributed by atoms with E-state index in [0.29, 0.717) is 53.2 Å². The number of anilines is 2. The minimum atomic E-state index is -1.30. The van der Waals surface area contributed by atoms with Crippen LogP contribution in [0, 0.1) is 5.82 Å². The highest BCUT2D eigenvalue weighted by Crippen LogP contribution is 2.42. The number of pyridine rings is 3. The molecule has 0 bridgehead atoms. The number of aromatic carboxylic acids is 1. The van der Waals surface area contributed by atoms with Crippen LogP contribution in [-0.2, 0) is 11.8 Å². The maximum absolute atomic E-state index is 14.7. The number of nitrogens with zero attached hydrogens (tertiary/aromatic N) is 4. The van der Waals surface area contributed by atoms with E-state index in [0.717, 1.165) is 16.6 Å². The first-order chi connectivity index (χ1) is 18.3. The number of hydrogen-bond donors (Lipinski definition) is 3. The Kier molecular flexibility index (Phi) is 5.53. The Bertz CT molecular complexity index is 1830. The quantitative estimate of drug-likeness (QED) is 0.330. The van der Waals surface area contributed by atoms with Gasteiger partial charge >= 0.3 is 5.97 Å². The van der Waals surface area contributed by atoms with Crippen molar-refractivity contribution in [2.24, 2.45) is 7.05 Å². The maximum Gasteiger partial charge on any atom is 0.341 e. The van der Waals surface area contributed by atoms with Gasteiger partial charge < -0.3 is 29.6 Å². The van der Waals surface area contributed by atoms with E-state index < -0.39 is 11.4 Å². The van der Waals surface area contributed by atoms with Gasteiger partial charge in [-0.2, -0.15) is 0 Å². The van der Waals surface area contributed by atoms with Crippen molar-refractivity contribution >= 4 is 50.3 Å². The van der Waals surface area contributed by atoms with Gasteiger partial charge in [-0.25, -0.2) is 19.2 Å². The second-order valence-corrected chi connectivity index (χ2v) is 9.51. The fourth-order valence-electron chi connectivity index (χ4n) is 5.33. The zero-order valence-corrected chi connectivity index (χ0v) is 21.0. The van der Waals surface area contributed by atoms with Gasteiger partial charge in [0.05, 0.1) is 40.4 Å². The molecule has 0 saturated carbocycles. The standard InChI is InChI=1S/C27H25FN6O4/c1-13-11-34(4-5-38-13)23-18(10-30-25-21(23)16-7-15(28)8-20(29-2)22(16)32-25)14-6-17-24(35)19(27(36)37)12-33(3)26(17)31-9-14/h6-10,12-13,29H,4-5,11H2,1-3H3,(H,30,32)(H,36,37)/t13-/m1/s1. The Morgan fingerprint density at radius 3 is 2.79 bits per heavy atom. The van der Waals surface area contributed by atoms with E-state index in [1.807, 2.05) is 6.92 Å². The van der Waals surface area contributed by atoms with Crippen LogP contribution >= 0.6 is 0 Å². The van der Waals surface area contributed by atoms with Crippen LogP contribution in [0.15, 0.2) is 41.6 Å². The fourth-order valence-corrected chi connectivity index (χ4v) is 5.33. The summed E-state index contributed by atoms with van der Waals surface area (Å²) in [4.78, 5) is 39.4. The van der Waals surface area contributed by atoms with Crippen molar-refractivity contribution in [3.63, 3.8) is 0 Å². The summed E-state index contributed by atoms with van der Waals surface area (Å²) in [5, 5.41) is 14.2. The van der Waals surface area contributed by atoms with Crippen molar-refractivity contribution in [2.75, 3.05) is 37.0 Å². The normalized spacial score (nSPS) is 16.0. The Labute approximate surface area is 215 Å². The summed E-state index contributed by atoms with van der Waals surface area (Å²) in [5.74, 6) is -1.68. The van der Waals surface area contributed by atoms with Crippen LogP contribution in [0.2, 0.25) is 0 Å². The number of aromatic amines is 1. The van der Waals surface area contributed by atoms with Gasteiger partial charge in [0.2, 0.25) is 5.43 Å². The number of hydrogen-bond acceptors (Lipinski definition) is 7. The number of fused-ring (bicyclic) bond motifs is 4. The third-order valence-electron chi connectivity index (χ3n) is 7.05. The molecule has 194 valence electrons. The molecule has 1 aromatic carbocycles. The highest BCUT2D eigenvalue weighted by atomic mass is 19.1. The molecule has 0 amide bonds. The van der Waals surface area contributed by atoms with Gasteiger partial charge in [0.1, 0.15) is 22.7 Å². The summed E-state index contributed by atoms with van der Waals surface area (Å²) in [7, 11) is 3.38. The third kappa shape index (κ3) is 3.66. The number of aryl methyl sites for hydroxylation is 1. The van der Waals surface area contributed by atoms with E-state index in [2.05, 4.69) is 25.2 Å². The number of benzene rings is 1. The molecule has 1 atom stereocenters. The molecular formula is C27H25FN6O4. The zero-order valence-electron chi connectivity index (χ0n) is 21.0. The zero-order chi connectivity index (χ0) is 26.7. The number of ether oxygens (including phenoxy) is 1. The van der Waals surface area contributed by atoms with Crippen LogP contribution in [0.25, 0.3) is 44.1 Å². The van der Waals surface area contributed by atoms with Gasteiger partial charge in [-0.1, -0.05) is 0 Å². The predicted octanol–water partition coefficient (Wildman–Crippen LogP) is 3.73. The number of rotatable bonds is 4. The lowest BCUT2D eigenvalue weighted by atomic mass is 10.0. The van der Waals surface area contributed by atoms with E-state index >= 15 is 0 Å². The molecule has 1 aliphatic rings. The molecular weight excluding hydrogens is 491 g/mol. The van der Waals surface area contributed by atoms with Crippen molar-refractivity contribution in [2.45, 2.75) is 13.0 Å². The van der Waals surface area contributed by atoms with Crippen molar-refractivity contribution in [3.05, 3.63) is 58.4 Å². The second kappa shape index (κ2) is 8.80. The summed E-state index contributed by atoms with van der Waals surface area (Å²) in [6.07, 6.45) is 4.59. The largest absolute Gasteiger partial charge is 0.477 e. The molecule has 0 unspecified atom stereocenters. The van der Waals surface area contributed by atoms with Gasteiger partial charge in [-0.3, -0.25) is 4.79 Å². The van der Waals surface area contributed by atoms with Crippen LogP contribution in [0.5, 0.6) is 0 Å². The second-order valence-electron chi connectivity index (χ2n) is 9.51. The number of H-pyrrole nitrogens is 1. The fraction of sp³-hybridized carbons (Fsp3) is 0.259. The summed E-state index contributed by atoms with van der Waals surface area (Å²) in [6.45, 7) is 3.70. The first-order valence-corrected chi connectivity index (χ1v) is 12.2. The van der Waals surface area contributed by atoms with Crippen LogP contribution in [-0.4, -0.2) is 63.4 Å². The first-order valence-electron chi connectivity index (χ1n) is 12.2. The minimum Gasteiger partial charge on any atom is -0.477 e. The predicted molar refractivity (Wildman–Crippen MR) is 144 cm³/mol. The average molecular weight is 517 g/mol. The first kappa shape index (κ1) is 23.9.